The molecule has 3 nitrogen and oxygen atoms in total. The molecule has 0 aromatic heterocycles. The summed E-state index contributed by atoms with van der Waals surface area (Å²) in [5.74, 6) is -0.228. The van der Waals surface area contributed by atoms with Crippen molar-refractivity contribution in [2.45, 2.75) is 0 Å². The van der Waals surface area contributed by atoms with Gasteiger partial charge in [0.1, 0.15) is 0 Å². The first-order valence-electron chi connectivity index (χ1n) is 6.99. The van der Waals surface area contributed by atoms with E-state index in [1.807, 2.05) is 60.7 Å². The Morgan fingerprint density at radius 2 is 1.70 bits per heavy atom. The molecule has 0 aliphatic carbocycles. The molecular formula is C18H13BrN2OS. The number of hydrogen-bond acceptors (Lipinski definition) is 2. The van der Waals surface area contributed by atoms with Crippen LogP contribution in [0.5, 0.6) is 0 Å². The molecule has 0 radical (unpaired) electrons. The van der Waals surface area contributed by atoms with Crippen LogP contribution < -0.4 is 10.6 Å². The van der Waals surface area contributed by atoms with Crippen LogP contribution >= 0.6 is 28.1 Å². The number of rotatable bonds is 2. The topological polar surface area (TPSA) is 41.1 Å². The maximum atomic E-state index is 12.5. The number of nitrogens with one attached hydrogen (secondary N) is 2. The van der Waals surface area contributed by atoms with Crippen LogP contribution in [0.3, 0.4) is 0 Å². The molecule has 0 aliphatic rings. The molecule has 0 aliphatic heterocycles. The average Bonchev–Trinajstić information content (AvgIpc) is 2.54. The third kappa shape index (κ3) is 3.75. The second-order valence-corrected chi connectivity index (χ2v) is 6.27. The van der Waals surface area contributed by atoms with Crippen molar-refractivity contribution < 1.29 is 4.79 Å². The van der Waals surface area contributed by atoms with Gasteiger partial charge in [0.2, 0.25) is 0 Å². The molecule has 0 fully saturated rings. The summed E-state index contributed by atoms with van der Waals surface area (Å²) >= 11 is 8.62. The van der Waals surface area contributed by atoms with Crippen LogP contribution in [0.25, 0.3) is 10.8 Å². The summed E-state index contributed by atoms with van der Waals surface area (Å²) in [4.78, 5) is 12.5. The van der Waals surface area contributed by atoms with Crippen LogP contribution in [0.15, 0.2) is 71.2 Å². The van der Waals surface area contributed by atoms with E-state index in [1.165, 1.54) is 0 Å². The molecule has 0 saturated heterocycles. The lowest BCUT2D eigenvalue weighted by atomic mass is 10.0. The number of anilines is 1. The number of carbonyl (C=O) groups excluding carboxylic acids is 1. The molecule has 0 bridgehead atoms. The third-order valence-electron chi connectivity index (χ3n) is 3.34. The zero-order chi connectivity index (χ0) is 16.2. The van der Waals surface area contributed by atoms with Gasteiger partial charge in [-0.15, -0.1) is 0 Å². The minimum absolute atomic E-state index is 0.228. The van der Waals surface area contributed by atoms with Crippen molar-refractivity contribution in [2.24, 2.45) is 0 Å². The van der Waals surface area contributed by atoms with Gasteiger partial charge >= 0.3 is 0 Å². The molecule has 2 N–H and O–H groups in total. The van der Waals surface area contributed by atoms with Crippen molar-refractivity contribution in [1.82, 2.24) is 5.32 Å². The maximum Gasteiger partial charge on any atom is 0.258 e. The number of amides is 1. The van der Waals surface area contributed by atoms with Gasteiger partial charge in [-0.1, -0.05) is 58.4 Å². The van der Waals surface area contributed by atoms with Gasteiger partial charge in [-0.3, -0.25) is 10.1 Å². The standard InChI is InChI=1S/C18H13BrN2OS/c19-13-7-4-8-14(11-13)20-18(23)21-17(22)16-10-3-6-12-5-1-2-9-15(12)16/h1-11H,(H2,20,21,22,23). The molecule has 0 saturated carbocycles. The fraction of sp³-hybridized carbons (Fsp3) is 0. The smallest absolute Gasteiger partial charge is 0.258 e. The first-order valence-corrected chi connectivity index (χ1v) is 8.19. The molecule has 0 heterocycles. The Morgan fingerprint density at radius 3 is 2.52 bits per heavy atom. The van der Waals surface area contributed by atoms with Gasteiger partial charge in [-0.2, -0.15) is 0 Å². The zero-order valence-corrected chi connectivity index (χ0v) is 14.4. The molecular weight excluding hydrogens is 372 g/mol. The Bertz CT molecular complexity index is 890. The molecule has 3 aromatic carbocycles. The van der Waals surface area contributed by atoms with Gasteiger partial charge in [0.25, 0.3) is 5.91 Å². The minimum atomic E-state index is -0.228. The van der Waals surface area contributed by atoms with Crippen LogP contribution in [0.2, 0.25) is 0 Å². The van der Waals surface area contributed by atoms with E-state index < -0.39 is 0 Å². The van der Waals surface area contributed by atoms with E-state index in [9.17, 15) is 4.79 Å². The molecule has 1 amide bonds. The highest BCUT2D eigenvalue weighted by molar-refractivity contribution is 9.10. The summed E-state index contributed by atoms with van der Waals surface area (Å²) in [6, 6.07) is 21.0. The molecule has 0 unspecified atom stereocenters. The first kappa shape index (κ1) is 15.6. The largest absolute Gasteiger partial charge is 0.332 e. The van der Waals surface area contributed by atoms with Crippen molar-refractivity contribution >= 4 is 55.6 Å². The highest BCUT2D eigenvalue weighted by Crippen LogP contribution is 2.19. The van der Waals surface area contributed by atoms with Crippen molar-refractivity contribution in [3.05, 3.63) is 76.8 Å². The lowest BCUT2D eigenvalue weighted by Crippen LogP contribution is -2.34. The first-order chi connectivity index (χ1) is 11.1. The Kier molecular flexibility index (Phi) is 4.69. The summed E-state index contributed by atoms with van der Waals surface area (Å²) < 4.78 is 0.936. The van der Waals surface area contributed by atoms with Crippen molar-refractivity contribution in [3.8, 4) is 0 Å². The van der Waals surface area contributed by atoms with Gasteiger partial charge in [0, 0.05) is 15.7 Å². The van der Waals surface area contributed by atoms with E-state index in [1.54, 1.807) is 6.07 Å². The second-order valence-electron chi connectivity index (χ2n) is 4.95. The van der Waals surface area contributed by atoms with Crippen molar-refractivity contribution in [3.63, 3.8) is 0 Å². The Hall–Kier alpha value is -2.24. The SMILES string of the molecule is O=C(NC(=S)Nc1cccc(Br)c1)c1cccc2ccccc12. The molecule has 3 aromatic rings. The number of fused-ring (bicyclic) bond motifs is 1. The summed E-state index contributed by atoms with van der Waals surface area (Å²) in [6.45, 7) is 0. The van der Waals surface area contributed by atoms with E-state index in [2.05, 4.69) is 26.6 Å². The van der Waals surface area contributed by atoms with Gasteiger partial charge in [0.05, 0.1) is 0 Å². The van der Waals surface area contributed by atoms with Crippen LogP contribution in [0.1, 0.15) is 10.4 Å². The Morgan fingerprint density at radius 1 is 0.957 bits per heavy atom. The number of hydrogen-bond donors (Lipinski definition) is 2. The summed E-state index contributed by atoms with van der Waals surface area (Å²) in [5, 5.41) is 7.91. The fourth-order valence-corrected chi connectivity index (χ4v) is 2.93. The molecule has 3 rings (SSSR count). The zero-order valence-electron chi connectivity index (χ0n) is 12.0. The molecule has 0 atom stereocenters. The van der Waals surface area contributed by atoms with E-state index >= 15 is 0 Å². The number of halogens is 1. The number of thiocarbonyl (C=S) groups is 1. The lowest BCUT2D eigenvalue weighted by Gasteiger charge is -2.11. The third-order valence-corrected chi connectivity index (χ3v) is 4.04. The fourth-order valence-electron chi connectivity index (χ4n) is 2.32. The van der Waals surface area contributed by atoms with Gasteiger partial charge in [0.15, 0.2) is 5.11 Å². The number of carbonyl (C=O) groups is 1. The predicted molar refractivity (Wildman–Crippen MR) is 102 cm³/mol. The average molecular weight is 385 g/mol. The van der Waals surface area contributed by atoms with E-state index in [-0.39, 0.29) is 11.0 Å². The van der Waals surface area contributed by atoms with Gasteiger partial charge in [-0.25, -0.2) is 0 Å². The number of benzene rings is 3. The molecule has 114 valence electrons. The second kappa shape index (κ2) is 6.89. The minimum Gasteiger partial charge on any atom is -0.332 e. The summed E-state index contributed by atoms with van der Waals surface area (Å²) in [5.41, 5.74) is 1.41. The Labute approximate surface area is 147 Å². The van der Waals surface area contributed by atoms with Crippen LogP contribution in [0, 0.1) is 0 Å². The summed E-state index contributed by atoms with van der Waals surface area (Å²) in [7, 11) is 0. The normalized spacial score (nSPS) is 10.3. The van der Waals surface area contributed by atoms with Gasteiger partial charge in [-0.05, 0) is 47.3 Å². The van der Waals surface area contributed by atoms with Crippen molar-refractivity contribution in [2.75, 3.05) is 5.32 Å². The van der Waals surface area contributed by atoms with E-state index in [0.29, 0.717) is 5.56 Å². The van der Waals surface area contributed by atoms with Crippen LogP contribution in [-0.2, 0) is 0 Å². The highest BCUT2D eigenvalue weighted by atomic mass is 79.9. The van der Waals surface area contributed by atoms with Gasteiger partial charge < -0.3 is 5.32 Å². The predicted octanol–water partition coefficient (Wildman–Crippen LogP) is 4.73. The van der Waals surface area contributed by atoms with E-state index in [4.69, 9.17) is 12.2 Å². The monoisotopic (exact) mass is 384 g/mol. The Balaban J connectivity index is 1.77. The quantitative estimate of drug-likeness (QED) is 0.627. The van der Waals surface area contributed by atoms with E-state index in [0.717, 1.165) is 20.9 Å². The molecule has 5 heteroatoms. The maximum absolute atomic E-state index is 12.5. The van der Waals surface area contributed by atoms with Crippen LogP contribution in [0.4, 0.5) is 5.69 Å². The van der Waals surface area contributed by atoms with Crippen molar-refractivity contribution in [1.29, 1.82) is 0 Å². The molecule has 23 heavy (non-hydrogen) atoms. The summed E-state index contributed by atoms with van der Waals surface area (Å²) in [6.07, 6.45) is 0. The highest BCUT2D eigenvalue weighted by Gasteiger charge is 2.11. The van der Waals surface area contributed by atoms with Crippen LogP contribution in [-0.4, -0.2) is 11.0 Å². The molecule has 0 spiro atoms. The lowest BCUT2D eigenvalue weighted by molar-refractivity contribution is 0.0979.